The number of carbonyl (C=O) groups excluding carboxylic acids is 1. The summed E-state index contributed by atoms with van der Waals surface area (Å²) in [5, 5.41) is 6.42. The summed E-state index contributed by atoms with van der Waals surface area (Å²) in [6, 6.07) is 4.26. The highest BCUT2D eigenvalue weighted by atomic mass is 35.5. The predicted molar refractivity (Wildman–Crippen MR) is 93.6 cm³/mol. The third kappa shape index (κ3) is 4.33. The lowest BCUT2D eigenvalue weighted by Gasteiger charge is -2.37. The first-order valence-electron chi connectivity index (χ1n) is 7.63. The fourth-order valence-corrected chi connectivity index (χ4v) is 5.79. The van der Waals surface area contributed by atoms with Crippen LogP contribution < -0.4 is 10.6 Å². The van der Waals surface area contributed by atoms with Gasteiger partial charge in [0.1, 0.15) is 0 Å². The number of rotatable bonds is 2. The van der Waals surface area contributed by atoms with Crippen LogP contribution in [0.5, 0.6) is 0 Å². The maximum Gasteiger partial charge on any atom is 0.319 e. The summed E-state index contributed by atoms with van der Waals surface area (Å²) in [4.78, 5) is 12.2. The number of hydrogen-bond acceptors (Lipinski definition) is 4. The molecule has 3 rings (SSSR count). The Bertz CT molecular complexity index is 736. The molecule has 24 heavy (non-hydrogen) atoms. The molecular weight excluding hydrogens is 375 g/mol. The number of sulfone groups is 1. The topological polar surface area (TPSA) is 84.5 Å². The van der Waals surface area contributed by atoms with Crippen molar-refractivity contribution in [2.45, 2.75) is 30.9 Å². The lowest BCUT2D eigenvalue weighted by atomic mass is 9.90. The van der Waals surface area contributed by atoms with Gasteiger partial charge in [-0.15, -0.1) is 0 Å². The van der Waals surface area contributed by atoms with E-state index in [-0.39, 0.29) is 23.6 Å². The van der Waals surface area contributed by atoms with Crippen molar-refractivity contribution in [1.82, 2.24) is 5.32 Å². The Morgan fingerprint density at radius 1 is 1.25 bits per heavy atom. The molecule has 0 saturated carbocycles. The Morgan fingerprint density at radius 3 is 2.58 bits per heavy atom. The van der Waals surface area contributed by atoms with Crippen LogP contribution in [0.15, 0.2) is 18.2 Å². The van der Waals surface area contributed by atoms with E-state index < -0.39 is 15.4 Å². The van der Waals surface area contributed by atoms with Crippen molar-refractivity contribution in [3.8, 4) is 0 Å². The summed E-state index contributed by atoms with van der Waals surface area (Å²) in [5.74, 6) is 0.177. The van der Waals surface area contributed by atoms with Gasteiger partial charge in [0, 0.05) is 28.4 Å². The van der Waals surface area contributed by atoms with E-state index in [2.05, 4.69) is 10.6 Å². The van der Waals surface area contributed by atoms with E-state index in [0.717, 1.165) is 0 Å². The van der Waals surface area contributed by atoms with Crippen molar-refractivity contribution in [1.29, 1.82) is 0 Å². The highest BCUT2D eigenvalue weighted by Crippen LogP contribution is 2.35. The Hall–Kier alpha value is -1.02. The van der Waals surface area contributed by atoms with Gasteiger partial charge in [-0.25, -0.2) is 13.2 Å². The maximum absolute atomic E-state index is 12.2. The number of halogens is 2. The molecule has 0 bridgehead atoms. The second kappa shape index (κ2) is 6.71. The van der Waals surface area contributed by atoms with Crippen molar-refractivity contribution < 1.29 is 17.9 Å². The van der Waals surface area contributed by atoms with Gasteiger partial charge >= 0.3 is 6.03 Å². The Labute approximate surface area is 150 Å². The van der Waals surface area contributed by atoms with E-state index >= 15 is 0 Å². The van der Waals surface area contributed by atoms with Crippen molar-refractivity contribution >= 4 is 44.8 Å². The molecule has 6 nitrogen and oxygen atoms in total. The van der Waals surface area contributed by atoms with Crippen molar-refractivity contribution in [3.63, 3.8) is 0 Å². The zero-order valence-corrected chi connectivity index (χ0v) is 15.2. The zero-order valence-electron chi connectivity index (χ0n) is 12.8. The van der Waals surface area contributed by atoms with Crippen LogP contribution in [0.3, 0.4) is 0 Å². The van der Waals surface area contributed by atoms with E-state index in [1.807, 2.05) is 0 Å². The first-order valence-corrected chi connectivity index (χ1v) is 10.2. The molecule has 2 atom stereocenters. The lowest BCUT2D eigenvalue weighted by Crippen LogP contribution is -2.50. The number of carbonyl (C=O) groups is 1. The van der Waals surface area contributed by atoms with Crippen LogP contribution in [0.25, 0.3) is 0 Å². The molecule has 2 heterocycles. The van der Waals surface area contributed by atoms with Crippen LogP contribution in [0, 0.1) is 0 Å². The maximum atomic E-state index is 12.2. The molecule has 1 aromatic rings. The van der Waals surface area contributed by atoms with E-state index in [1.165, 1.54) is 0 Å². The predicted octanol–water partition coefficient (Wildman–Crippen LogP) is 2.85. The minimum Gasteiger partial charge on any atom is -0.374 e. The summed E-state index contributed by atoms with van der Waals surface area (Å²) >= 11 is 11.8. The summed E-state index contributed by atoms with van der Waals surface area (Å²) in [7, 11) is -3.05. The number of hydrogen-bond donors (Lipinski definition) is 2. The molecule has 2 saturated heterocycles. The first-order chi connectivity index (χ1) is 11.3. The third-order valence-electron chi connectivity index (χ3n) is 4.30. The van der Waals surface area contributed by atoms with Gasteiger partial charge in [0.15, 0.2) is 9.84 Å². The number of urea groups is 1. The van der Waals surface area contributed by atoms with Gasteiger partial charge in [-0.2, -0.15) is 0 Å². The van der Waals surface area contributed by atoms with Gasteiger partial charge < -0.3 is 15.4 Å². The Balaban J connectivity index is 1.60. The molecule has 2 amide bonds. The number of anilines is 1. The van der Waals surface area contributed by atoms with Gasteiger partial charge in [0.25, 0.3) is 0 Å². The van der Waals surface area contributed by atoms with Gasteiger partial charge in [0.2, 0.25) is 0 Å². The molecule has 2 fully saturated rings. The number of nitrogens with one attached hydrogen (secondary N) is 2. The van der Waals surface area contributed by atoms with E-state index in [1.54, 1.807) is 18.2 Å². The third-order valence-corrected chi connectivity index (χ3v) is 6.53. The van der Waals surface area contributed by atoms with Crippen LogP contribution in [0.1, 0.15) is 19.3 Å². The standard InChI is InChI=1S/C15H18Cl2N2O4S/c16-10-5-11(17)7-13(6-10)19-14(20)18-12-1-3-23-15(8-12)2-4-24(21,22)9-15/h5-7,12H,1-4,8-9H2,(H2,18,19,20)/t12-,15-/m0/s1. The summed E-state index contributed by atoms with van der Waals surface area (Å²) in [5.41, 5.74) is -0.163. The molecule has 0 aromatic heterocycles. The van der Waals surface area contributed by atoms with Crippen LogP contribution in [-0.2, 0) is 14.6 Å². The van der Waals surface area contributed by atoms with Crippen LogP contribution in [0.4, 0.5) is 10.5 Å². The molecule has 132 valence electrons. The van der Waals surface area contributed by atoms with Crippen LogP contribution in [0.2, 0.25) is 10.0 Å². The number of benzene rings is 1. The molecule has 0 radical (unpaired) electrons. The zero-order chi connectivity index (χ0) is 17.4. The fourth-order valence-electron chi connectivity index (χ4n) is 3.29. The normalized spacial score (nSPS) is 28.7. The lowest BCUT2D eigenvalue weighted by molar-refractivity contribution is -0.0685. The minimum absolute atomic E-state index is 0.0314. The Kier molecular flexibility index (Phi) is 4.97. The van der Waals surface area contributed by atoms with Crippen molar-refractivity contribution in [2.75, 3.05) is 23.4 Å². The molecule has 9 heteroatoms. The number of ether oxygens (including phenoxy) is 1. The molecule has 2 N–H and O–H groups in total. The SMILES string of the molecule is O=C(Nc1cc(Cl)cc(Cl)c1)N[C@H]1CCO[C@@]2(CCS(=O)(=O)C2)C1. The Morgan fingerprint density at radius 2 is 1.96 bits per heavy atom. The summed E-state index contributed by atoms with van der Waals surface area (Å²) in [6.45, 7) is 0.434. The monoisotopic (exact) mass is 392 g/mol. The molecular formula is C15H18Cl2N2O4S. The van der Waals surface area contributed by atoms with E-state index in [9.17, 15) is 13.2 Å². The highest BCUT2D eigenvalue weighted by molar-refractivity contribution is 7.91. The smallest absolute Gasteiger partial charge is 0.319 e. The van der Waals surface area contributed by atoms with E-state index in [4.69, 9.17) is 27.9 Å². The second-order valence-corrected chi connectivity index (χ2v) is 9.38. The summed E-state index contributed by atoms with van der Waals surface area (Å²) in [6.07, 6.45) is 1.63. The van der Waals surface area contributed by atoms with Crippen LogP contribution >= 0.6 is 23.2 Å². The van der Waals surface area contributed by atoms with Crippen molar-refractivity contribution in [2.24, 2.45) is 0 Å². The molecule has 2 aliphatic rings. The fraction of sp³-hybridized carbons (Fsp3) is 0.533. The van der Waals surface area contributed by atoms with Gasteiger partial charge in [-0.3, -0.25) is 0 Å². The second-order valence-electron chi connectivity index (χ2n) is 6.32. The average Bonchev–Trinajstić information content (AvgIpc) is 2.72. The van der Waals surface area contributed by atoms with Gasteiger partial charge in [-0.1, -0.05) is 23.2 Å². The highest BCUT2D eigenvalue weighted by Gasteiger charge is 2.46. The van der Waals surface area contributed by atoms with Gasteiger partial charge in [0.05, 0.1) is 17.1 Å². The molecule has 2 aliphatic heterocycles. The molecule has 0 unspecified atom stereocenters. The van der Waals surface area contributed by atoms with Gasteiger partial charge in [-0.05, 0) is 37.5 Å². The quantitative estimate of drug-likeness (QED) is 0.809. The average molecular weight is 393 g/mol. The summed E-state index contributed by atoms with van der Waals surface area (Å²) < 4.78 is 29.2. The first kappa shape index (κ1) is 17.8. The largest absolute Gasteiger partial charge is 0.374 e. The molecule has 0 aliphatic carbocycles. The minimum atomic E-state index is -3.05. The molecule has 1 aromatic carbocycles. The molecule has 1 spiro atoms. The van der Waals surface area contributed by atoms with Crippen molar-refractivity contribution in [3.05, 3.63) is 28.2 Å². The van der Waals surface area contributed by atoms with Crippen LogP contribution in [-0.4, -0.2) is 44.2 Å². The van der Waals surface area contributed by atoms with E-state index in [0.29, 0.717) is 41.6 Å². The number of amides is 2.